The first-order chi connectivity index (χ1) is 9.69. The third-order valence-electron chi connectivity index (χ3n) is 2.61. The molecule has 0 aliphatic rings. The molecule has 2 rings (SSSR count). The molecule has 104 valence electrons. The quantitative estimate of drug-likeness (QED) is 0.623. The van der Waals surface area contributed by atoms with Crippen LogP contribution < -0.4 is 15.8 Å². The molecule has 0 spiro atoms. The monoisotopic (exact) mass is 273 g/mol. The maximum Gasteiger partial charge on any atom is 0.269 e. The van der Waals surface area contributed by atoms with Gasteiger partial charge in [0.05, 0.1) is 4.92 Å². The van der Waals surface area contributed by atoms with Crippen molar-refractivity contribution in [2.24, 2.45) is 5.73 Å². The van der Waals surface area contributed by atoms with E-state index in [1.165, 1.54) is 12.1 Å². The van der Waals surface area contributed by atoms with Crippen LogP contribution in [0.15, 0.2) is 48.5 Å². The lowest BCUT2D eigenvalue weighted by molar-refractivity contribution is -0.384. The molecule has 20 heavy (non-hydrogen) atoms. The number of hydrogen-bond acceptors (Lipinski definition) is 5. The number of hydrogen-bond donors (Lipinski definition) is 2. The molecule has 6 heteroatoms. The number of nitrogens with one attached hydrogen (secondary N) is 1. The van der Waals surface area contributed by atoms with Crippen LogP contribution in [0.5, 0.6) is 5.75 Å². The molecule has 0 fully saturated rings. The Morgan fingerprint density at radius 2 is 1.60 bits per heavy atom. The summed E-state index contributed by atoms with van der Waals surface area (Å²) in [4.78, 5) is 10.1. The zero-order valence-electron chi connectivity index (χ0n) is 10.8. The van der Waals surface area contributed by atoms with Crippen molar-refractivity contribution in [3.8, 4) is 5.75 Å². The minimum Gasteiger partial charge on any atom is -0.492 e. The van der Waals surface area contributed by atoms with Crippen LogP contribution in [0, 0.1) is 10.1 Å². The van der Waals surface area contributed by atoms with Gasteiger partial charge in [-0.25, -0.2) is 0 Å². The highest BCUT2D eigenvalue weighted by Gasteiger charge is 2.03. The van der Waals surface area contributed by atoms with Gasteiger partial charge < -0.3 is 15.8 Å². The van der Waals surface area contributed by atoms with Crippen LogP contribution >= 0.6 is 0 Å². The molecule has 0 heterocycles. The van der Waals surface area contributed by atoms with E-state index in [0.29, 0.717) is 13.2 Å². The average molecular weight is 273 g/mol. The van der Waals surface area contributed by atoms with E-state index >= 15 is 0 Å². The third kappa shape index (κ3) is 3.69. The van der Waals surface area contributed by atoms with E-state index < -0.39 is 4.92 Å². The van der Waals surface area contributed by atoms with Crippen LogP contribution in [0.4, 0.5) is 17.1 Å². The first kappa shape index (κ1) is 13.8. The second kappa shape index (κ2) is 6.53. The highest BCUT2D eigenvalue weighted by molar-refractivity contribution is 5.61. The molecule has 6 nitrogen and oxygen atoms in total. The van der Waals surface area contributed by atoms with Crippen molar-refractivity contribution in [1.82, 2.24) is 0 Å². The zero-order valence-corrected chi connectivity index (χ0v) is 10.8. The van der Waals surface area contributed by atoms with Gasteiger partial charge in [-0.05, 0) is 36.4 Å². The van der Waals surface area contributed by atoms with Crippen LogP contribution in [0.1, 0.15) is 0 Å². The molecular weight excluding hydrogens is 258 g/mol. The fourth-order valence-corrected chi connectivity index (χ4v) is 1.64. The zero-order chi connectivity index (χ0) is 14.4. The summed E-state index contributed by atoms with van der Waals surface area (Å²) in [5.74, 6) is 0.754. The highest BCUT2D eigenvalue weighted by Crippen LogP contribution is 2.22. The van der Waals surface area contributed by atoms with Crippen LogP contribution in [0.25, 0.3) is 0 Å². The Labute approximate surface area is 116 Å². The summed E-state index contributed by atoms with van der Waals surface area (Å²) < 4.78 is 5.37. The Morgan fingerprint density at radius 3 is 2.10 bits per heavy atom. The van der Waals surface area contributed by atoms with Crippen LogP contribution in [0.3, 0.4) is 0 Å². The van der Waals surface area contributed by atoms with Gasteiger partial charge in [0.25, 0.3) is 5.69 Å². The van der Waals surface area contributed by atoms with E-state index in [0.717, 1.165) is 17.1 Å². The van der Waals surface area contributed by atoms with Gasteiger partial charge in [0, 0.05) is 30.1 Å². The van der Waals surface area contributed by atoms with E-state index in [1.54, 1.807) is 12.1 Å². The number of nitro benzene ring substituents is 1. The summed E-state index contributed by atoms with van der Waals surface area (Å²) in [6, 6.07) is 13.7. The molecular formula is C14H15N3O3. The van der Waals surface area contributed by atoms with Crippen molar-refractivity contribution in [2.45, 2.75) is 0 Å². The van der Waals surface area contributed by atoms with E-state index in [2.05, 4.69) is 5.32 Å². The van der Waals surface area contributed by atoms with E-state index in [1.807, 2.05) is 24.3 Å². The lowest BCUT2D eigenvalue weighted by atomic mass is 10.2. The van der Waals surface area contributed by atoms with Crippen LogP contribution in [-0.4, -0.2) is 18.1 Å². The number of ether oxygens (including phenoxy) is 1. The van der Waals surface area contributed by atoms with E-state index in [9.17, 15) is 10.1 Å². The minimum absolute atomic E-state index is 0.0704. The maximum absolute atomic E-state index is 10.6. The second-order valence-corrected chi connectivity index (χ2v) is 4.09. The number of nitro groups is 1. The summed E-state index contributed by atoms with van der Waals surface area (Å²) >= 11 is 0. The summed E-state index contributed by atoms with van der Waals surface area (Å²) in [6.07, 6.45) is 0. The molecule has 2 aromatic rings. The Hall–Kier alpha value is -2.60. The summed E-state index contributed by atoms with van der Waals surface area (Å²) in [6.45, 7) is 0.956. The SMILES string of the molecule is NCCOc1ccc(Nc2ccc([N+](=O)[O-])cc2)cc1. The molecule has 0 aromatic heterocycles. The molecule has 0 radical (unpaired) electrons. The standard InChI is InChI=1S/C14H15N3O3/c15-9-10-20-14-7-3-12(4-8-14)16-11-1-5-13(6-2-11)17(18)19/h1-8,16H,9-10,15H2. The van der Waals surface area contributed by atoms with Crippen molar-refractivity contribution in [2.75, 3.05) is 18.5 Å². The van der Waals surface area contributed by atoms with Gasteiger partial charge >= 0.3 is 0 Å². The Balaban J connectivity index is 2.00. The molecule has 0 aliphatic heterocycles. The molecule has 0 saturated heterocycles. The normalized spacial score (nSPS) is 10.1. The minimum atomic E-state index is -0.423. The van der Waals surface area contributed by atoms with Gasteiger partial charge in [-0.15, -0.1) is 0 Å². The van der Waals surface area contributed by atoms with Gasteiger partial charge in [-0.2, -0.15) is 0 Å². The average Bonchev–Trinajstić information content (AvgIpc) is 2.47. The molecule has 2 aromatic carbocycles. The molecule has 0 saturated carbocycles. The first-order valence-corrected chi connectivity index (χ1v) is 6.13. The van der Waals surface area contributed by atoms with Gasteiger partial charge in [-0.3, -0.25) is 10.1 Å². The van der Waals surface area contributed by atoms with E-state index in [4.69, 9.17) is 10.5 Å². The van der Waals surface area contributed by atoms with Gasteiger partial charge in [-0.1, -0.05) is 0 Å². The van der Waals surface area contributed by atoms with Crippen molar-refractivity contribution in [1.29, 1.82) is 0 Å². The Morgan fingerprint density at radius 1 is 1.05 bits per heavy atom. The van der Waals surface area contributed by atoms with Gasteiger partial charge in [0.1, 0.15) is 12.4 Å². The first-order valence-electron chi connectivity index (χ1n) is 6.13. The number of rotatable bonds is 6. The maximum atomic E-state index is 10.6. The molecule has 3 N–H and O–H groups in total. The molecule has 0 unspecified atom stereocenters. The predicted molar refractivity (Wildman–Crippen MR) is 77.4 cm³/mol. The van der Waals surface area contributed by atoms with Crippen molar-refractivity contribution in [3.05, 3.63) is 58.6 Å². The van der Waals surface area contributed by atoms with E-state index in [-0.39, 0.29) is 5.69 Å². The number of nitrogens with two attached hydrogens (primary N) is 1. The molecule has 0 aliphatic carbocycles. The number of anilines is 2. The number of nitrogens with zero attached hydrogens (tertiary/aromatic N) is 1. The van der Waals surface area contributed by atoms with Crippen molar-refractivity contribution >= 4 is 17.1 Å². The largest absolute Gasteiger partial charge is 0.492 e. The fourth-order valence-electron chi connectivity index (χ4n) is 1.64. The fraction of sp³-hybridized carbons (Fsp3) is 0.143. The van der Waals surface area contributed by atoms with Gasteiger partial charge in [0.15, 0.2) is 0 Å². The van der Waals surface area contributed by atoms with Crippen LogP contribution in [0.2, 0.25) is 0 Å². The van der Waals surface area contributed by atoms with Crippen molar-refractivity contribution < 1.29 is 9.66 Å². The number of benzene rings is 2. The lowest BCUT2D eigenvalue weighted by Crippen LogP contribution is -2.10. The molecule has 0 bridgehead atoms. The molecule has 0 atom stereocenters. The highest BCUT2D eigenvalue weighted by atomic mass is 16.6. The summed E-state index contributed by atoms with van der Waals surface area (Å²) in [7, 11) is 0. The number of non-ortho nitro benzene ring substituents is 1. The van der Waals surface area contributed by atoms with Crippen molar-refractivity contribution in [3.63, 3.8) is 0 Å². The van der Waals surface area contributed by atoms with Crippen LogP contribution in [-0.2, 0) is 0 Å². The topological polar surface area (TPSA) is 90.4 Å². The summed E-state index contributed by atoms with van der Waals surface area (Å²) in [5, 5.41) is 13.7. The Bertz CT molecular complexity index is 567. The Kier molecular flexibility index (Phi) is 4.52. The summed E-state index contributed by atoms with van der Waals surface area (Å²) in [5.41, 5.74) is 7.08. The molecule has 0 amide bonds. The van der Waals surface area contributed by atoms with Gasteiger partial charge in [0.2, 0.25) is 0 Å². The smallest absolute Gasteiger partial charge is 0.269 e. The second-order valence-electron chi connectivity index (χ2n) is 4.09. The predicted octanol–water partition coefficient (Wildman–Crippen LogP) is 2.68. The third-order valence-corrected chi connectivity index (χ3v) is 2.61. The lowest BCUT2D eigenvalue weighted by Gasteiger charge is -2.08.